The quantitative estimate of drug-likeness (QED) is 0.815. The van der Waals surface area contributed by atoms with E-state index in [2.05, 4.69) is 12.0 Å². The zero-order chi connectivity index (χ0) is 17.3. The summed E-state index contributed by atoms with van der Waals surface area (Å²) in [5, 5.41) is 24.7. The van der Waals surface area contributed by atoms with E-state index in [1.807, 2.05) is 12.3 Å². The second-order valence-electron chi connectivity index (χ2n) is 7.26. The third-order valence-corrected chi connectivity index (χ3v) is 3.94. The first-order chi connectivity index (χ1) is 11.4. The Labute approximate surface area is 142 Å². The van der Waals surface area contributed by atoms with Gasteiger partial charge in [0.1, 0.15) is 11.5 Å². The third-order valence-electron chi connectivity index (χ3n) is 3.94. The van der Waals surface area contributed by atoms with Crippen LogP contribution in [0, 0.1) is 0 Å². The molecule has 5 heteroatoms. The number of aryl methyl sites for hydroxylation is 1. The average molecular weight is 330 g/mol. The van der Waals surface area contributed by atoms with Gasteiger partial charge in [0.2, 0.25) is 0 Å². The molecule has 5 nitrogen and oxygen atoms in total. The molecule has 1 heterocycles. The van der Waals surface area contributed by atoms with E-state index in [-0.39, 0.29) is 11.9 Å². The van der Waals surface area contributed by atoms with E-state index < -0.39 is 5.60 Å². The van der Waals surface area contributed by atoms with Crippen molar-refractivity contribution >= 4 is 0 Å². The van der Waals surface area contributed by atoms with Crippen LogP contribution < -0.4 is 4.74 Å². The van der Waals surface area contributed by atoms with Gasteiger partial charge in [0.15, 0.2) is 0 Å². The molecule has 2 N–H and O–H groups in total. The van der Waals surface area contributed by atoms with Crippen molar-refractivity contribution in [2.45, 2.75) is 64.7 Å². The Bertz CT molecular complexity index is 712. The molecule has 130 valence electrons. The Balaban J connectivity index is 2.01. The highest BCUT2D eigenvalue weighted by Gasteiger charge is 2.26. The molecular formula is C19H26N2O3. The van der Waals surface area contributed by atoms with Crippen LogP contribution in [0.5, 0.6) is 11.5 Å². The van der Waals surface area contributed by atoms with Gasteiger partial charge in [-0.3, -0.25) is 4.68 Å². The van der Waals surface area contributed by atoms with Gasteiger partial charge in [0.25, 0.3) is 0 Å². The van der Waals surface area contributed by atoms with Crippen LogP contribution in [-0.2, 0) is 13.0 Å². The number of hydrogen-bond acceptors (Lipinski definition) is 4. The fourth-order valence-electron chi connectivity index (χ4n) is 2.79. The van der Waals surface area contributed by atoms with Gasteiger partial charge in [-0.1, -0.05) is 13.3 Å². The normalized spacial score (nSPS) is 14.8. The van der Waals surface area contributed by atoms with Crippen molar-refractivity contribution in [1.82, 2.24) is 9.78 Å². The fraction of sp³-hybridized carbons (Fsp3) is 0.526. The van der Waals surface area contributed by atoms with Gasteiger partial charge < -0.3 is 14.9 Å². The molecule has 0 amide bonds. The molecule has 0 spiro atoms. The van der Waals surface area contributed by atoms with Crippen LogP contribution in [0.1, 0.15) is 45.6 Å². The number of hydrogen-bond donors (Lipinski definition) is 2. The zero-order valence-corrected chi connectivity index (χ0v) is 14.6. The molecule has 0 radical (unpaired) electrons. The predicted octanol–water partition coefficient (Wildman–Crippen LogP) is 3.52. The molecule has 2 aromatic rings. The maximum atomic E-state index is 10.1. The van der Waals surface area contributed by atoms with Crippen molar-refractivity contribution in [3.05, 3.63) is 30.0 Å². The predicted molar refractivity (Wildman–Crippen MR) is 93.3 cm³/mol. The molecular weight excluding hydrogens is 304 g/mol. The van der Waals surface area contributed by atoms with E-state index in [1.165, 1.54) is 0 Å². The molecule has 0 unspecified atom stereocenters. The third kappa shape index (κ3) is 4.09. The van der Waals surface area contributed by atoms with Crippen LogP contribution in [0.15, 0.2) is 24.4 Å². The molecule has 1 saturated carbocycles. The van der Waals surface area contributed by atoms with E-state index in [4.69, 9.17) is 4.74 Å². The second kappa shape index (κ2) is 6.48. The Morgan fingerprint density at radius 1 is 1.33 bits per heavy atom. The van der Waals surface area contributed by atoms with Gasteiger partial charge >= 0.3 is 0 Å². The van der Waals surface area contributed by atoms with Gasteiger partial charge in [-0.05, 0) is 56.9 Å². The summed E-state index contributed by atoms with van der Waals surface area (Å²) in [5.41, 5.74) is 1.92. The summed E-state index contributed by atoms with van der Waals surface area (Å²) in [6, 6.07) is 5.18. The Hall–Kier alpha value is -2.01. The van der Waals surface area contributed by atoms with Crippen LogP contribution in [0.25, 0.3) is 11.3 Å². The molecule has 1 aliphatic rings. The lowest BCUT2D eigenvalue weighted by molar-refractivity contribution is 0.0578. The molecule has 24 heavy (non-hydrogen) atoms. The summed E-state index contributed by atoms with van der Waals surface area (Å²) in [4.78, 5) is 0. The minimum Gasteiger partial charge on any atom is -0.508 e. The highest BCUT2D eigenvalue weighted by atomic mass is 16.5. The smallest absolute Gasteiger partial charge is 0.129 e. The maximum Gasteiger partial charge on any atom is 0.129 e. The number of ether oxygens (including phenoxy) is 1. The highest BCUT2D eigenvalue weighted by Crippen LogP contribution is 2.38. The molecule has 1 aromatic heterocycles. The van der Waals surface area contributed by atoms with Crippen LogP contribution in [-0.4, -0.2) is 31.7 Å². The minimum atomic E-state index is -0.834. The largest absolute Gasteiger partial charge is 0.508 e. The van der Waals surface area contributed by atoms with Crippen LogP contribution in [0.3, 0.4) is 0 Å². The van der Waals surface area contributed by atoms with Crippen LogP contribution in [0.2, 0.25) is 0 Å². The van der Waals surface area contributed by atoms with Crippen molar-refractivity contribution < 1.29 is 14.9 Å². The summed E-state index contributed by atoms with van der Waals surface area (Å²) in [6.07, 6.45) is 6.31. The molecule has 0 bridgehead atoms. The number of aliphatic hydroxyl groups is 1. The monoisotopic (exact) mass is 330 g/mol. The van der Waals surface area contributed by atoms with Gasteiger partial charge in [0.05, 0.1) is 23.9 Å². The average Bonchev–Trinajstić information content (AvgIpc) is 3.21. The summed E-state index contributed by atoms with van der Waals surface area (Å²) >= 11 is 0. The summed E-state index contributed by atoms with van der Waals surface area (Å²) in [6.45, 7) is 6.08. The lowest BCUT2D eigenvalue weighted by atomic mass is 10.0. The van der Waals surface area contributed by atoms with Gasteiger partial charge in [-0.2, -0.15) is 5.10 Å². The highest BCUT2D eigenvalue weighted by molar-refractivity contribution is 5.71. The first kappa shape index (κ1) is 16.8. The minimum absolute atomic E-state index is 0.202. The van der Waals surface area contributed by atoms with Crippen molar-refractivity contribution in [2.24, 2.45) is 0 Å². The Morgan fingerprint density at radius 2 is 2.08 bits per heavy atom. The standard InChI is InChI=1S/C19H26N2O3/c1-4-5-13-11-21(12-19(2,3)23)20-18(13)16-10-14(22)6-9-17(16)24-15-7-8-15/h6,9-11,15,22-23H,4-5,7-8,12H2,1-3H3. The Kier molecular flexibility index (Phi) is 4.54. The zero-order valence-electron chi connectivity index (χ0n) is 14.6. The SMILES string of the molecule is CCCc1cn(CC(C)(C)O)nc1-c1cc(O)ccc1OC1CC1. The van der Waals surface area contributed by atoms with Crippen LogP contribution >= 0.6 is 0 Å². The summed E-state index contributed by atoms with van der Waals surface area (Å²) in [5.74, 6) is 0.966. The summed E-state index contributed by atoms with van der Waals surface area (Å²) < 4.78 is 7.78. The molecule has 3 rings (SSSR count). The van der Waals surface area contributed by atoms with E-state index in [9.17, 15) is 10.2 Å². The lowest BCUT2D eigenvalue weighted by Crippen LogP contribution is -2.26. The lowest BCUT2D eigenvalue weighted by Gasteiger charge is -2.16. The van der Waals surface area contributed by atoms with E-state index in [0.717, 1.165) is 48.3 Å². The molecule has 1 aromatic carbocycles. The maximum absolute atomic E-state index is 10.1. The second-order valence-corrected chi connectivity index (χ2v) is 7.26. The number of benzene rings is 1. The molecule has 1 aliphatic carbocycles. The number of aromatic nitrogens is 2. The number of phenols is 1. The van der Waals surface area contributed by atoms with Crippen LogP contribution in [0.4, 0.5) is 0 Å². The number of rotatable bonds is 7. The first-order valence-corrected chi connectivity index (χ1v) is 8.64. The first-order valence-electron chi connectivity index (χ1n) is 8.64. The topological polar surface area (TPSA) is 67.5 Å². The molecule has 0 aliphatic heterocycles. The molecule has 1 fully saturated rings. The number of aromatic hydroxyl groups is 1. The van der Waals surface area contributed by atoms with Crippen molar-refractivity contribution in [2.75, 3.05) is 0 Å². The van der Waals surface area contributed by atoms with Crippen molar-refractivity contribution in [3.8, 4) is 22.8 Å². The van der Waals surface area contributed by atoms with Gasteiger partial charge in [0, 0.05) is 11.8 Å². The van der Waals surface area contributed by atoms with E-state index in [1.54, 1.807) is 30.7 Å². The summed E-state index contributed by atoms with van der Waals surface area (Å²) in [7, 11) is 0. The molecule has 0 atom stereocenters. The number of phenolic OH excluding ortho intramolecular Hbond substituents is 1. The van der Waals surface area contributed by atoms with Crippen molar-refractivity contribution in [1.29, 1.82) is 0 Å². The van der Waals surface area contributed by atoms with E-state index in [0.29, 0.717) is 6.54 Å². The van der Waals surface area contributed by atoms with E-state index >= 15 is 0 Å². The van der Waals surface area contributed by atoms with Gasteiger partial charge in [-0.15, -0.1) is 0 Å². The Morgan fingerprint density at radius 3 is 2.71 bits per heavy atom. The fourth-order valence-corrected chi connectivity index (χ4v) is 2.79. The number of nitrogens with zero attached hydrogens (tertiary/aromatic N) is 2. The molecule has 0 saturated heterocycles. The van der Waals surface area contributed by atoms with Gasteiger partial charge in [-0.25, -0.2) is 0 Å². The van der Waals surface area contributed by atoms with Crippen molar-refractivity contribution in [3.63, 3.8) is 0 Å².